The van der Waals surface area contributed by atoms with E-state index in [1.807, 2.05) is 6.07 Å². The Morgan fingerprint density at radius 1 is 0.903 bits per heavy atom. The zero-order valence-corrected chi connectivity index (χ0v) is 16.6. The maximum absolute atomic E-state index is 12.2. The Hall–Kier alpha value is -4.44. The number of hydrogen-bond acceptors (Lipinski definition) is 6. The Labute approximate surface area is 178 Å². The van der Waals surface area contributed by atoms with Gasteiger partial charge in [0, 0.05) is 6.92 Å². The van der Waals surface area contributed by atoms with Crippen molar-refractivity contribution in [2.45, 2.75) is 6.92 Å². The first-order valence-corrected chi connectivity index (χ1v) is 9.31. The standard InChI is InChI=1S/C24H18N2O5/c1-16(27)31-21-12-10-18(11-13-21)17-6-8-19(9-7-17)24(29)30-15-23(28)26-22-5-3-2-4-20(22)14-25/h2-13H,15H2,1H3,(H,26,28). The smallest absolute Gasteiger partial charge is 0.338 e. The highest BCUT2D eigenvalue weighted by Gasteiger charge is 2.12. The average molecular weight is 414 g/mol. The zero-order chi connectivity index (χ0) is 22.2. The molecular weight excluding hydrogens is 396 g/mol. The number of benzene rings is 3. The predicted octanol–water partition coefficient (Wildman–Crippen LogP) is 3.95. The quantitative estimate of drug-likeness (QED) is 0.484. The number of nitrogens with one attached hydrogen (secondary N) is 1. The van der Waals surface area contributed by atoms with Crippen LogP contribution in [0.2, 0.25) is 0 Å². The van der Waals surface area contributed by atoms with Gasteiger partial charge in [0.15, 0.2) is 6.61 Å². The van der Waals surface area contributed by atoms with Gasteiger partial charge < -0.3 is 14.8 Å². The van der Waals surface area contributed by atoms with Gasteiger partial charge in [-0.3, -0.25) is 9.59 Å². The molecule has 0 fully saturated rings. The first-order valence-electron chi connectivity index (χ1n) is 9.31. The van der Waals surface area contributed by atoms with E-state index < -0.39 is 24.5 Å². The molecule has 154 valence electrons. The fourth-order valence-corrected chi connectivity index (χ4v) is 2.77. The summed E-state index contributed by atoms with van der Waals surface area (Å²) in [6.45, 7) is 0.860. The molecule has 0 aliphatic carbocycles. The lowest BCUT2D eigenvalue weighted by Gasteiger charge is -2.08. The summed E-state index contributed by atoms with van der Waals surface area (Å²) >= 11 is 0. The van der Waals surface area contributed by atoms with Crippen LogP contribution in [0.15, 0.2) is 72.8 Å². The summed E-state index contributed by atoms with van der Waals surface area (Å²) in [4.78, 5) is 35.2. The number of nitrogens with zero attached hydrogens (tertiary/aromatic N) is 1. The number of esters is 2. The van der Waals surface area contributed by atoms with Gasteiger partial charge in [-0.15, -0.1) is 0 Å². The summed E-state index contributed by atoms with van der Waals surface area (Å²) < 4.78 is 10.1. The molecule has 7 heteroatoms. The lowest BCUT2D eigenvalue weighted by atomic mass is 10.0. The number of hydrogen-bond donors (Lipinski definition) is 1. The maximum Gasteiger partial charge on any atom is 0.338 e. The lowest BCUT2D eigenvalue weighted by Crippen LogP contribution is -2.21. The number of rotatable bonds is 6. The van der Waals surface area contributed by atoms with Crippen molar-refractivity contribution in [2.75, 3.05) is 11.9 Å². The minimum atomic E-state index is -0.638. The van der Waals surface area contributed by atoms with Crippen molar-refractivity contribution in [3.63, 3.8) is 0 Å². The van der Waals surface area contributed by atoms with Crippen molar-refractivity contribution in [1.82, 2.24) is 0 Å². The Bertz CT molecular complexity index is 1150. The molecule has 7 nitrogen and oxygen atoms in total. The summed E-state index contributed by atoms with van der Waals surface area (Å²) in [6.07, 6.45) is 0. The summed E-state index contributed by atoms with van der Waals surface area (Å²) in [6, 6.07) is 22.2. The molecule has 0 unspecified atom stereocenters. The third-order valence-corrected chi connectivity index (χ3v) is 4.23. The number of carbonyl (C=O) groups is 3. The van der Waals surface area contributed by atoms with Crippen LogP contribution in [0, 0.1) is 11.3 Å². The Morgan fingerprint density at radius 2 is 1.52 bits per heavy atom. The summed E-state index contributed by atoms with van der Waals surface area (Å²) in [5.74, 6) is -1.12. The van der Waals surface area contributed by atoms with E-state index in [-0.39, 0.29) is 0 Å². The first kappa shape index (κ1) is 21.3. The van der Waals surface area contributed by atoms with Gasteiger partial charge >= 0.3 is 11.9 Å². The van der Waals surface area contributed by atoms with Crippen molar-refractivity contribution < 1.29 is 23.9 Å². The van der Waals surface area contributed by atoms with Crippen molar-refractivity contribution in [3.05, 3.63) is 83.9 Å². The van der Waals surface area contributed by atoms with Gasteiger partial charge in [0.2, 0.25) is 0 Å². The van der Waals surface area contributed by atoms with E-state index in [0.717, 1.165) is 11.1 Å². The van der Waals surface area contributed by atoms with E-state index in [0.29, 0.717) is 22.6 Å². The fourth-order valence-electron chi connectivity index (χ4n) is 2.77. The molecular formula is C24H18N2O5. The highest BCUT2D eigenvalue weighted by atomic mass is 16.5. The van der Waals surface area contributed by atoms with E-state index in [9.17, 15) is 14.4 Å². The zero-order valence-electron chi connectivity index (χ0n) is 16.6. The largest absolute Gasteiger partial charge is 0.452 e. The molecule has 0 atom stereocenters. The molecule has 31 heavy (non-hydrogen) atoms. The molecule has 0 saturated carbocycles. The van der Waals surface area contributed by atoms with Gasteiger partial charge in [0.25, 0.3) is 5.91 Å². The fraction of sp³-hybridized carbons (Fsp3) is 0.0833. The van der Waals surface area contributed by atoms with Crippen LogP contribution in [0.5, 0.6) is 5.75 Å². The van der Waals surface area contributed by atoms with Crippen LogP contribution in [-0.4, -0.2) is 24.5 Å². The molecule has 0 aromatic heterocycles. The Kier molecular flexibility index (Phi) is 6.76. The van der Waals surface area contributed by atoms with Crippen molar-refractivity contribution in [1.29, 1.82) is 5.26 Å². The Balaban J connectivity index is 1.57. The lowest BCUT2D eigenvalue weighted by molar-refractivity contribution is -0.131. The van der Waals surface area contributed by atoms with Gasteiger partial charge in [0.1, 0.15) is 11.8 Å². The van der Waals surface area contributed by atoms with Crippen molar-refractivity contribution in [3.8, 4) is 22.9 Å². The molecule has 0 saturated heterocycles. The molecule has 0 aliphatic rings. The van der Waals surface area contributed by atoms with E-state index in [2.05, 4.69) is 5.32 Å². The molecule has 1 N–H and O–H groups in total. The van der Waals surface area contributed by atoms with Gasteiger partial charge in [0.05, 0.1) is 16.8 Å². The molecule has 3 aromatic rings. The number of amides is 1. The highest BCUT2D eigenvalue weighted by Crippen LogP contribution is 2.23. The van der Waals surface area contributed by atoms with Crippen LogP contribution in [0.1, 0.15) is 22.8 Å². The van der Waals surface area contributed by atoms with Crippen LogP contribution in [0.4, 0.5) is 5.69 Å². The first-order chi connectivity index (χ1) is 15.0. The highest BCUT2D eigenvalue weighted by molar-refractivity contribution is 5.96. The minimum absolute atomic E-state index is 0.297. The average Bonchev–Trinajstić information content (AvgIpc) is 2.78. The second-order valence-corrected chi connectivity index (χ2v) is 6.48. The molecule has 0 heterocycles. The normalized spacial score (nSPS) is 9.94. The molecule has 0 spiro atoms. The van der Waals surface area contributed by atoms with E-state index >= 15 is 0 Å². The number of anilines is 1. The van der Waals surface area contributed by atoms with Crippen molar-refractivity contribution >= 4 is 23.5 Å². The molecule has 3 rings (SSSR count). The summed E-state index contributed by atoms with van der Waals surface area (Å²) in [5.41, 5.74) is 2.71. The Morgan fingerprint density at radius 3 is 2.13 bits per heavy atom. The summed E-state index contributed by atoms with van der Waals surface area (Å²) in [7, 11) is 0. The number of para-hydroxylation sites is 1. The SMILES string of the molecule is CC(=O)Oc1ccc(-c2ccc(C(=O)OCC(=O)Nc3ccccc3C#N)cc2)cc1. The van der Waals surface area contributed by atoms with Crippen LogP contribution < -0.4 is 10.1 Å². The third kappa shape index (κ3) is 5.78. The third-order valence-electron chi connectivity index (χ3n) is 4.23. The van der Waals surface area contributed by atoms with Crippen LogP contribution >= 0.6 is 0 Å². The van der Waals surface area contributed by atoms with Gasteiger partial charge in [-0.05, 0) is 47.5 Å². The number of ether oxygens (including phenoxy) is 2. The second-order valence-electron chi connectivity index (χ2n) is 6.48. The summed E-state index contributed by atoms with van der Waals surface area (Å²) in [5, 5.41) is 11.6. The van der Waals surface area contributed by atoms with Crippen LogP contribution in [0.25, 0.3) is 11.1 Å². The van der Waals surface area contributed by atoms with Gasteiger partial charge in [-0.25, -0.2) is 4.79 Å². The van der Waals surface area contributed by atoms with Gasteiger partial charge in [-0.2, -0.15) is 5.26 Å². The molecule has 3 aromatic carbocycles. The molecule has 0 radical (unpaired) electrons. The van der Waals surface area contributed by atoms with Gasteiger partial charge in [-0.1, -0.05) is 36.4 Å². The van der Waals surface area contributed by atoms with Crippen molar-refractivity contribution in [2.24, 2.45) is 0 Å². The minimum Gasteiger partial charge on any atom is -0.452 e. The predicted molar refractivity (Wildman–Crippen MR) is 113 cm³/mol. The molecule has 0 aliphatic heterocycles. The van der Waals surface area contributed by atoms with Crippen LogP contribution in [0.3, 0.4) is 0 Å². The molecule has 0 bridgehead atoms. The number of carbonyl (C=O) groups excluding carboxylic acids is 3. The number of nitriles is 1. The van der Waals surface area contributed by atoms with E-state index in [1.165, 1.54) is 6.92 Å². The maximum atomic E-state index is 12.2. The van der Waals surface area contributed by atoms with E-state index in [4.69, 9.17) is 14.7 Å². The molecule has 1 amide bonds. The topological polar surface area (TPSA) is 105 Å². The monoisotopic (exact) mass is 414 g/mol. The van der Waals surface area contributed by atoms with Crippen LogP contribution in [-0.2, 0) is 14.3 Å². The second kappa shape index (κ2) is 9.85. The van der Waals surface area contributed by atoms with E-state index in [1.54, 1.807) is 72.8 Å².